The Labute approximate surface area is 153 Å². The highest BCUT2D eigenvalue weighted by Gasteiger charge is 2.27. The number of hydrogen-bond acceptors (Lipinski definition) is 8. The van der Waals surface area contributed by atoms with Crippen LogP contribution >= 0.6 is 0 Å². The van der Waals surface area contributed by atoms with E-state index in [0.717, 1.165) is 0 Å². The lowest BCUT2D eigenvalue weighted by Crippen LogP contribution is -2.41. The van der Waals surface area contributed by atoms with E-state index in [4.69, 9.17) is 9.47 Å². The number of hydrogen-bond donors (Lipinski definition) is 2. The van der Waals surface area contributed by atoms with Crippen LogP contribution in [0.1, 0.15) is 18.1 Å². The molecule has 27 heavy (non-hydrogen) atoms. The summed E-state index contributed by atoms with van der Waals surface area (Å²) < 4.78 is 10.2. The van der Waals surface area contributed by atoms with Crippen LogP contribution in [0, 0.1) is 17.0 Å². The molecule has 0 spiro atoms. The van der Waals surface area contributed by atoms with Crippen molar-refractivity contribution < 1.29 is 29.1 Å². The number of methoxy groups -OCH3 is 2. The molecule has 11 nitrogen and oxygen atoms in total. The monoisotopic (exact) mass is 378 g/mol. The zero-order chi connectivity index (χ0) is 20.3. The van der Waals surface area contributed by atoms with E-state index >= 15 is 0 Å². The fourth-order valence-corrected chi connectivity index (χ4v) is 2.66. The Morgan fingerprint density at radius 1 is 1.30 bits per heavy atom. The number of carbonyl (C=O) groups is 2. The number of carboxylic acid groups (broad SMARTS) is 1. The van der Waals surface area contributed by atoms with Crippen molar-refractivity contribution in [3.63, 3.8) is 0 Å². The second-order valence-corrected chi connectivity index (χ2v) is 5.66. The average molecular weight is 378 g/mol. The number of carbonyl (C=O) groups excluding carboxylic acids is 1. The minimum Gasteiger partial charge on any atom is -0.480 e. The minimum absolute atomic E-state index is 0.0331. The molecule has 0 aliphatic heterocycles. The van der Waals surface area contributed by atoms with E-state index in [1.807, 2.05) is 0 Å². The number of nitrogens with zero attached hydrogens (tertiary/aromatic N) is 3. The van der Waals surface area contributed by atoms with Crippen LogP contribution in [0.2, 0.25) is 0 Å². The highest BCUT2D eigenvalue weighted by atomic mass is 16.6. The molecule has 0 radical (unpaired) electrons. The summed E-state index contributed by atoms with van der Waals surface area (Å²) in [5.74, 6) is -1.74. The molecule has 1 amide bonds. The lowest BCUT2D eigenvalue weighted by Gasteiger charge is -2.17. The van der Waals surface area contributed by atoms with E-state index in [0.29, 0.717) is 0 Å². The van der Waals surface area contributed by atoms with Gasteiger partial charge in [-0.2, -0.15) is 0 Å². The molecular weight excluding hydrogens is 360 g/mol. The molecule has 2 aromatic rings. The van der Waals surface area contributed by atoms with E-state index in [1.165, 1.54) is 34.1 Å². The van der Waals surface area contributed by atoms with Gasteiger partial charge in [0.25, 0.3) is 17.4 Å². The first-order chi connectivity index (χ1) is 12.7. The molecule has 144 valence electrons. The van der Waals surface area contributed by atoms with Gasteiger partial charge in [0.15, 0.2) is 0 Å². The highest BCUT2D eigenvalue weighted by molar-refractivity contribution is 5.87. The van der Waals surface area contributed by atoms with Crippen molar-refractivity contribution in [3.05, 3.63) is 27.3 Å². The summed E-state index contributed by atoms with van der Waals surface area (Å²) in [5.41, 5.74) is 0.629. The molecule has 0 saturated carbocycles. The minimum atomic E-state index is -1.29. The third kappa shape index (κ3) is 4.02. The zero-order valence-electron chi connectivity index (χ0n) is 15.1. The van der Waals surface area contributed by atoms with Gasteiger partial charge in [-0.1, -0.05) is 0 Å². The third-order valence-electron chi connectivity index (χ3n) is 3.92. The number of aliphatic carboxylic acids is 1. The van der Waals surface area contributed by atoms with Crippen molar-refractivity contribution >= 4 is 28.6 Å². The van der Waals surface area contributed by atoms with Crippen LogP contribution in [0.25, 0.3) is 11.0 Å². The van der Waals surface area contributed by atoms with Crippen molar-refractivity contribution in [1.82, 2.24) is 15.3 Å². The Balaban J connectivity index is 2.76. The molecule has 11 heteroatoms. The molecule has 1 atom stereocenters. The maximum Gasteiger partial charge on any atom is 0.326 e. The van der Waals surface area contributed by atoms with Gasteiger partial charge in [-0.3, -0.25) is 14.9 Å². The highest BCUT2D eigenvalue weighted by Crippen LogP contribution is 2.33. The number of nitro benzene ring substituents is 1. The van der Waals surface area contributed by atoms with Crippen LogP contribution < -0.4 is 14.8 Å². The molecule has 0 aliphatic rings. The number of rotatable bonds is 7. The fraction of sp³-hybridized carbons (Fsp3) is 0.375. The largest absolute Gasteiger partial charge is 0.480 e. The smallest absolute Gasteiger partial charge is 0.326 e. The van der Waals surface area contributed by atoms with Gasteiger partial charge in [-0.15, -0.1) is 0 Å². The molecule has 1 unspecified atom stereocenters. The lowest BCUT2D eigenvalue weighted by atomic mass is 9.97. The van der Waals surface area contributed by atoms with Gasteiger partial charge in [-0.25, -0.2) is 14.8 Å². The van der Waals surface area contributed by atoms with E-state index in [-0.39, 0.29) is 46.0 Å². The maximum atomic E-state index is 11.5. The molecule has 0 bridgehead atoms. The Bertz CT molecular complexity index is 929. The SMILES string of the molecule is COc1nc2cc([N+](=O)[O-])c(C)c(CC(NC(C)=O)C(=O)O)c2nc1OC. The Kier molecular flexibility index (Phi) is 5.73. The predicted molar refractivity (Wildman–Crippen MR) is 93.0 cm³/mol. The summed E-state index contributed by atoms with van der Waals surface area (Å²) in [6, 6.07) is -0.0570. The Morgan fingerprint density at radius 2 is 1.89 bits per heavy atom. The number of fused-ring (bicyclic) bond motifs is 1. The number of amides is 1. The first-order valence-electron chi connectivity index (χ1n) is 7.76. The van der Waals surface area contributed by atoms with E-state index in [1.54, 1.807) is 0 Å². The van der Waals surface area contributed by atoms with Crippen LogP contribution in [-0.4, -0.2) is 52.1 Å². The number of aromatic nitrogens is 2. The zero-order valence-corrected chi connectivity index (χ0v) is 15.1. The molecule has 1 aromatic heterocycles. The fourth-order valence-electron chi connectivity index (χ4n) is 2.66. The number of nitro groups is 1. The Morgan fingerprint density at radius 3 is 2.37 bits per heavy atom. The second kappa shape index (κ2) is 7.81. The van der Waals surface area contributed by atoms with Gasteiger partial charge >= 0.3 is 5.97 Å². The summed E-state index contributed by atoms with van der Waals surface area (Å²) in [6.07, 6.45) is -0.219. The number of nitrogens with one attached hydrogen (secondary N) is 1. The third-order valence-corrected chi connectivity index (χ3v) is 3.92. The van der Waals surface area contributed by atoms with Crippen molar-refractivity contribution in [2.45, 2.75) is 26.3 Å². The molecular formula is C16H18N4O7. The molecule has 0 fully saturated rings. The molecule has 1 heterocycles. The molecule has 1 aromatic carbocycles. The molecule has 0 saturated heterocycles. The van der Waals surface area contributed by atoms with E-state index in [9.17, 15) is 24.8 Å². The van der Waals surface area contributed by atoms with Crippen molar-refractivity contribution in [2.75, 3.05) is 14.2 Å². The van der Waals surface area contributed by atoms with Gasteiger partial charge in [-0.05, 0) is 12.5 Å². The quantitative estimate of drug-likeness (QED) is 0.530. The molecule has 2 rings (SSSR count). The van der Waals surface area contributed by atoms with Crippen LogP contribution in [-0.2, 0) is 16.0 Å². The predicted octanol–water partition coefficient (Wildman–Crippen LogP) is 0.995. The molecule has 0 aliphatic carbocycles. The lowest BCUT2D eigenvalue weighted by molar-refractivity contribution is -0.385. The second-order valence-electron chi connectivity index (χ2n) is 5.66. The molecule has 2 N–H and O–H groups in total. The van der Waals surface area contributed by atoms with Crippen LogP contribution in [0.3, 0.4) is 0 Å². The standard InChI is InChI=1S/C16H18N4O7/c1-7-9(5-11(16(22)23)17-8(2)21)13-10(6-12(7)20(24)25)18-14(26-3)15(19-13)27-4/h6,11H,5H2,1-4H3,(H,17,21)(H,22,23). The topological polar surface area (TPSA) is 154 Å². The van der Waals surface area contributed by atoms with Gasteiger partial charge < -0.3 is 19.9 Å². The first-order valence-corrected chi connectivity index (χ1v) is 7.76. The number of benzene rings is 1. The number of ether oxygens (including phenoxy) is 2. The van der Waals surface area contributed by atoms with E-state index in [2.05, 4.69) is 15.3 Å². The van der Waals surface area contributed by atoms with Crippen molar-refractivity contribution in [1.29, 1.82) is 0 Å². The summed E-state index contributed by atoms with van der Waals surface area (Å²) in [5, 5.41) is 23.1. The van der Waals surface area contributed by atoms with Gasteiger partial charge in [0.05, 0.1) is 24.7 Å². The first kappa shape index (κ1) is 19.8. The van der Waals surface area contributed by atoms with Gasteiger partial charge in [0.2, 0.25) is 5.91 Å². The summed E-state index contributed by atoms with van der Waals surface area (Å²) in [6.45, 7) is 2.67. The summed E-state index contributed by atoms with van der Waals surface area (Å²) >= 11 is 0. The number of carboxylic acids is 1. The van der Waals surface area contributed by atoms with Crippen molar-refractivity contribution in [3.8, 4) is 11.8 Å². The normalized spacial score (nSPS) is 11.7. The van der Waals surface area contributed by atoms with Crippen LogP contribution in [0.5, 0.6) is 11.8 Å². The summed E-state index contributed by atoms with van der Waals surface area (Å²) in [7, 11) is 2.70. The van der Waals surface area contributed by atoms with E-state index < -0.39 is 22.8 Å². The van der Waals surface area contributed by atoms with Gasteiger partial charge in [0.1, 0.15) is 11.6 Å². The van der Waals surface area contributed by atoms with Crippen LogP contribution in [0.4, 0.5) is 5.69 Å². The van der Waals surface area contributed by atoms with Gasteiger partial charge in [0, 0.05) is 25.0 Å². The maximum absolute atomic E-state index is 11.5. The average Bonchev–Trinajstić information content (AvgIpc) is 2.60. The van der Waals surface area contributed by atoms with Crippen molar-refractivity contribution in [2.24, 2.45) is 0 Å². The Hall–Kier alpha value is -3.50. The van der Waals surface area contributed by atoms with Crippen LogP contribution in [0.15, 0.2) is 6.07 Å². The summed E-state index contributed by atoms with van der Waals surface area (Å²) in [4.78, 5) is 42.1.